The lowest BCUT2D eigenvalue weighted by atomic mass is 9.94. The van der Waals surface area contributed by atoms with Crippen molar-refractivity contribution in [1.82, 2.24) is 16.0 Å². The summed E-state index contributed by atoms with van der Waals surface area (Å²) in [5.74, 6) is 0.274. The molecule has 1 aromatic carbocycles. The first-order valence-corrected chi connectivity index (χ1v) is 8.15. The third-order valence-corrected chi connectivity index (χ3v) is 3.98. The lowest BCUT2D eigenvalue weighted by molar-refractivity contribution is 0.0916. The minimum absolute atomic E-state index is 0. The first-order chi connectivity index (χ1) is 11.0. The van der Waals surface area contributed by atoms with E-state index in [0.29, 0.717) is 17.2 Å². The average Bonchev–Trinajstić information content (AvgIpc) is 2.49. The molecule has 4 N–H and O–H groups in total. The van der Waals surface area contributed by atoms with Crippen LogP contribution < -0.4 is 21.3 Å². The summed E-state index contributed by atoms with van der Waals surface area (Å²) in [5, 5.41) is 11.9. The Morgan fingerprint density at radius 2 is 1.96 bits per heavy atom. The third-order valence-electron chi connectivity index (χ3n) is 3.98. The first-order valence-electron chi connectivity index (χ1n) is 8.15. The van der Waals surface area contributed by atoms with Crippen molar-refractivity contribution in [3.63, 3.8) is 0 Å². The molecule has 24 heavy (non-hydrogen) atoms. The molecule has 6 nitrogen and oxygen atoms in total. The molecule has 0 aromatic heterocycles. The molecule has 1 fully saturated rings. The fraction of sp³-hybridized carbons (Fsp3) is 0.529. The number of hydrogen-bond donors (Lipinski definition) is 4. The molecule has 0 saturated carbocycles. The van der Waals surface area contributed by atoms with Gasteiger partial charge in [-0.25, -0.2) is 4.79 Å². The highest BCUT2D eigenvalue weighted by atomic mass is 35.5. The molecule has 2 atom stereocenters. The predicted molar refractivity (Wildman–Crippen MR) is 98.9 cm³/mol. The summed E-state index contributed by atoms with van der Waals surface area (Å²) < 4.78 is 0. The van der Waals surface area contributed by atoms with E-state index in [1.165, 1.54) is 0 Å². The summed E-state index contributed by atoms with van der Waals surface area (Å²) in [4.78, 5) is 24.4. The molecule has 3 amide bonds. The maximum absolute atomic E-state index is 12.6. The molecule has 1 aliphatic rings. The Kier molecular flexibility index (Phi) is 8.01. The number of nitrogens with one attached hydrogen (secondary N) is 4. The van der Waals surface area contributed by atoms with Crippen LogP contribution in [0.1, 0.15) is 37.6 Å². The number of carbonyl (C=O) groups excluding carboxylic acids is 2. The zero-order valence-electron chi connectivity index (χ0n) is 14.4. The topological polar surface area (TPSA) is 82.3 Å². The summed E-state index contributed by atoms with van der Waals surface area (Å²) in [6.45, 7) is 7.68. The number of piperidine rings is 1. The van der Waals surface area contributed by atoms with E-state index in [1.807, 2.05) is 13.8 Å². The van der Waals surface area contributed by atoms with Gasteiger partial charge in [-0.15, -0.1) is 12.4 Å². The number of hydrogen-bond acceptors (Lipinski definition) is 3. The Labute approximate surface area is 149 Å². The van der Waals surface area contributed by atoms with Gasteiger partial charge in [-0.1, -0.05) is 19.1 Å². The molecule has 2 rings (SSSR count). The summed E-state index contributed by atoms with van der Waals surface area (Å²) in [7, 11) is 0. The molecule has 0 spiro atoms. The van der Waals surface area contributed by atoms with Crippen molar-refractivity contribution < 1.29 is 9.59 Å². The Bertz CT molecular complexity index is 565. The zero-order chi connectivity index (χ0) is 16.8. The minimum Gasteiger partial charge on any atom is -0.348 e. The maximum atomic E-state index is 12.6. The Balaban J connectivity index is 0.00000288. The fourth-order valence-electron chi connectivity index (χ4n) is 2.64. The SMILES string of the molecule is CC(C)NC(=O)Nc1ccccc1C(=O)NC1CNCCC1C.Cl. The van der Waals surface area contributed by atoms with Gasteiger partial charge < -0.3 is 21.3 Å². The van der Waals surface area contributed by atoms with E-state index in [-0.39, 0.29) is 36.4 Å². The molecule has 1 heterocycles. The number of anilines is 1. The Hall–Kier alpha value is -1.79. The van der Waals surface area contributed by atoms with Gasteiger partial charge in [0.15, 0.2) is 0 Å². The van der Waals surface area contributed by atoms with Gasteiger partial charge in [0.2, 0.25) is 0 Å². The number of urea groups is 1. The Morgan fingerprint density at radius 3 is 2.62 bits per heavy atom. The van der Waals surface area contributed by atoms with Crippen molar-refractivity contribution in [2.75, 3.05) is 18.4 Å². The molecule has 7 heteroatoms. The molecular formula is C17H27ClN4O2. The van der Waals surface area contributed by atoms with E-state index in [1.54, 1.807) is 24.3 Å². The van der Waals surface area contributed by atoms with Gasteiger partial charge in [0, 0.05) is 18.6 Å². The number of para-hydroxylation sites is 1. The highest BCUT2D eigenvalue weighted by Gasteiger charge is 2.24. The average molecular weight is 355 g/mol. The van der Waals surface area contributed by atoms with Crippen molar-refractivity contribution in [3.05, 3.63) is 29.8 Å². The molecule has 0 bridgehead atoms. The predicted octanol–water partition coefficient (Wildman–Crippen LogP) is 2.37. The quantitative estimate of drug-likeness (QED) is 0.670. The van der Waals surface area contributed by atoms with Crippen molar-refractivity contribution >= 4 is 30.0 Å². The highest BCUT2D eigenvalue weighted by Crippen LogP contribution is 2.17. The molecule has 1 aliphatic heterocycles. The zero-order valence-corrected chi connectivity index (χ0v) is 15.2. The number of amides is 3. The van der Waals surface area contributed by atoms with E-state index in [4.69, 9.17) is 0 Å². The van der Waals surface area contributed by atoms with E-state index < -0.39 is 0 Å². The van der Waals surface area contributed by atoms with Gasteiger partial charge in [-0.05, 0) is 44.9 Å². The van der Waals surface area contributed by atoms with Crippen molar-refractivity contribution in [3.8, 4) is 0 Å². The van der Waals surface area contributed by atoms with Gasteiger partial charge >= 0.3 is 6.03 Å². The second-order valence-electron chi connectivity index (χ2n) is 6.35. The van der Waals surface area contributed by atoms with Crippen molar-refractivity contribution in [1.29, 1.82) is 0 Å². The monoisotopic (exact) mass is 354 g/mol. The van der Waals surface area contributed by atoms with Gasteiger partial charge in [0.1, 0.15) is 0 Å². The highest BCUT2D eigenvalue weighted by molar-refractivity contribution is 6.03. The van der Waals surface area contributed by atoms with E-state index in [2.05, 4.69) is 28.2 Å². The van der Waals surface area contributed by atoms with Gasteiger partial charge in [-0.3, -0.25) is 4.79 Å². The van der Waals surface area contributed by atoms with Crippen LogP contribution >= 0.6 is 12.4 Å². The molecule has 1 saturated heterocycles. The Morgan fingerprint density at radius 1 is 1.25 bits per heavy atom. The molecule has 2 unspecified atom stereocenters. The first kappa shape index (κ1) is 20.3. The van der Waals surface area contributed by atoms with Crippen LogP contribution in [0.15, 0.2) is 24.3 Å². The summed E-state index contributed by atoms with van der Waals surface area (Å²) in [6.07, 6.45) is 1.04. The summed E-state index contributed by atoms with van der Waals surface area (Å²) in [6, 6.07) is 6.88. The largest absolute Gasteiger partial charge is 0.348 e. The summed E-state index contributed by atoms with van der Waals surface area (Å²) >= 11 is 0. The van der Waals surface area contributed by atoms with Crippen LogP contribution in [0, 0.1) is 5.92 Å². The molecule has 0 radical (unpaired) electrons. The van der Waals surface area contributed by atoms with Gasteiger partial charge in [-0.2, -0.15) is 0 Å². The molecular weight excluding hydrogens is 328 g/mol. The normalized spacial score (nSPS) is 20.0. The van der Waals surface area contributed by atoms with E-state index in [0.717, 1.165) is 19.5 Å². The van der Waals surface area contributed by atoms with Crippen LogP contribution in [-0.2, 0) is 0 Å². The van der Waals surface area contributed by atoms with Crippen molar-refractivity contribution in [2.45, 2.75) is 39.3 Å². The van der Waals surface area contributed by atoms with Gasteiger partial charge in [0.25, 0.3) is 5.91 Å². The van der Waals surface area contributed by atoms with Gasteiger partial charge in [0.05, 0.1) is 11.3 Å². The second kappa shape index (κ2) is 9.49. The number of halogens is 1. The number of benzene rings is 1. The van der Waals surface area contributed by atoms with Crippen LogP contribution in [0.3, 0.4) is 0 Å². The third kappa shape index (κ3) is 5.69. The second-order valence-corrected chi connectivity index (χ2v) is 6.35. The fourth-order valence-corrected chi connectivity index (χ4v) is 2.64. The number of rotatable bonds is 4. The molecule has 1 aromatic rings. The van der Waals surface area contributed by atoms with E-state index >= 15 is 0 Å². The van der Waals surface area contributed by atoms with Crippen LogP contribution in [-0.4, -0.2) is 37.1 Å². The lowest BCUT2D eigenvalue weighted by Crippen LogP contribution is -2.50. The van der Waals surface area contributed by atoms with Crippen molar-refractivity contribution in [2.24, 2.45) is 5.92 Å². The van der Waals surface area contributed by atoms with Crippen LogP contribution in [0.4, 0.5) is 10.5 Å². The van der Waals surface area contributed by atoms with Crippen LogP contribution in [0.2, 0.25) is 0 Å². The lowest BCUT2D eigenvalue weighted by Gasteiger charge is -2.30. The number of carbonyl (C=O) groups is 2. The summed E-state index contributed by atoms with van der Waals surface area (Å²) in [5.41, 5.74) is 0.990. The minimum atomic E-state index is -0.312. The smallest absolute Gasteiger partial charge is 0.319 e. The van der Waals surface area contributed by atoms with Crippen LogP contribution in [0.5, 0.6) is 0 Å². The molecule has 134 valence electrons. The van der Waals surface area contributed by atoms with Crippen LogP contribution in [0.25, 0.3) is 0 Å². The maximum Gasteiger partial charge on any atom is 0.319 e. The van der Waals surface area contributed by atoms with E-state index in [9.17, 15) is 9.59 Å². The standard InChI is InChI=1S/C17H26N4O2.ClH/c1-11(2)19-17(23)21-14-7-5-4-6-13(14)16(22)20-15-10-18-9-8-12(15)3;/h4-7,11-12,15,18H,8-10H2,1-3H3,(H,20,22)(H2,19,21,23);1H. The molecule has 0 aliphatic carbocycles.